The number of nitrogens with zero attached hydrogens (tertiary/aromatic N) is 6. The van der Waals surface area contributed by atoms with Gasteiger partial charge in [0.25, 0.3) is 0 Å². The predicted molar refractivity (Wildman–Crippen MR) is 158 cm³/mol. The third-order valence-corrected chi connectivity index (χ3v) is 10.6. The van der Waals surface area contributed by atoms with Crippen LogP contribution in [0.3, 0.4) is 0 Å². The third-order valence-electron chi connectivity index (χ3n) is 8.79. The number of aliphatic carboxylic acids is 1. The van der Waals surface area contributed by atoms with Crippen LogP contribution >= 0.6 is 0 Å². The summed E-state index contributed by atoms with van der Waals surface area (Å²) in [7, 11) is -4.10. The zero-order chi connectivity index (χ0) is 33.4. The van der Waals surface area contributed by atoms with Crippen LogP contribution < -0.4 is 10.1 Å². The fraction of sp³-hybridized carbons (Fsp3) is 0.433. The Balaban J connectivity index is 1.46. The zero-order valence-electron chi connectivity index (χ0n) is 25.7. The first-order valence-electron chi connectivity index (χ1n) is 14.4. The van der Waals surface area contributed by atoms with E-state index in [2.05, 4.69) is 20.5 Å². The van der Waals surface area contributed by atoms with Crippen LogP contribution in [0.15, 0.2) is 41.6 Å². The van der Waals surface area contributed by atoms with E-state index < -0.39 is 44.9 Å². The number of alkyl halides is 3. The van der Waals surface area contributed by atoms with Crippen LogP contribution in [0.25, 0.3) is 5.65 Å². The molecular formula is C30H32F3N7O5S. The Morgan fingerprint density at radius 3 is 2.50 bits per heavy atom. The fourth-order valence-electron chi connectivity index (χ4n) is 6.02. The van der Waals surface area contributed by atoms with Crippen molar-refractivity contribution in [2.24, 2.45) is 5.41 Å². The number of nitrogens with one attached hydrogen (secondary N) is 1. The molecule has 244 valence electrons. The van der Waals surface area contributed by atoms with Gasteiger partial charge < -0.3 is 15.2 Å². The molecule has 1 atom stereocenters. The monoisotopic (exact) mass is 659 g/mol. The lowest BCUT2D eigenvalue weighted by Gasteiger charge is -2.42. The number of aromatic nitrogens is 5. The van der Waals surface area contributed by atoms with Crippen molar-refractivity contribution in [1.29, 1.82) is 0 Å². The molecule has 2 aliphatic heterocycles. The summed E-state index contributed by atoms with van der Waals surface area (Å²) in [6.07, 6.45) is -2.03. The summed E-state index contributed by atoms with van der Waals surface area (Å²) in [6, 6.07) is 6.33. The highest BCUT2D eigenvalue weighted by Crippen LogP contribution is 2.43. The quantitative estimate of drug-likeness (QED) is 0.314. The van der Waals surface area contributed by atoms with Crippen LogP contribution in [0.2, 0.25) is 0 Å². The number of carboxylic acids is 1. The predicted octanol–water partition coefficient (Wildman–Crippen LogP) is 3.63. The van der Waals surface area contributed by atoms with Crippen LogP contribution in [0.5, 0.6) is 5.88 Å². The van der Waals surface area contributed by atoms with Gasteiger partial charge >= 0.3 is 12.1 Å². The Morgan fingerprint density at radius 1 is 1.15 bits per heavy atom. The molecule has 6 heterocycles. The molecule has 1 fully saturated rings. The Bertz CT molecular complexity index is 1990. The van der Waals surface area contributed by atoms with Gasteiger partial charge in [-0.1, -0.05) is 6.07 Å². The van der Waals surface area contributed by atoms with Crippen LogP contribution in [0.1, 0.15) is 59.2 Å². The molecule has 0 amide bonds. The summed E-state index contributed by atoms with van der Waals surface area (Å²) in [5.74, 6) is -3.29. The Morgan fingerprint density at radius 2 is 1.87 bits per heavy atom. The molecule has 0 aromatic carbocycles. The van der Waals surface area contributed by atoms with E-state index in [0.717, 1.165) is 4.40 Å². The summed E-state index contributed by atoms with van der Waals surface area (Å²) in [4.78, 5) is 21.7. The van der Waals surface area contributed by atoms with E-state index in [1.54, 1.807) is 39.1 Å². The second kappa shape index (κ2) is 10.7. The fourth-order valence-corrected chi connectivity index (χ4v) is 7.65. The second-order valence-electron chi connectivity index (χ2n) is 12.5. The topological polar surface area (TPSA) is 152 Å². The van der Waals surface area contributed by atoms with E-state index in [9.17, 15) is 31.5 Å². The molecule has 0 aliphatic carbocycles. The molecule has 16 heteroatoms. The smallest absolute Gasteiger partial charge is 0.452 e. The number of pyridine rings is 3. The molecule has 0 unspecified atom stereocenters. The van der Waals surface area contributed by atoms with Crippen LogP contribution in [0.4, 0.5) is 13.2 Å². The maximum Gasteiger partial charge on any atom is 0.452 e. The first kappa shape index (κ1) is 31.8. The Hall–Kier alpha value is -4.15. The largest absolute Gasteiger partial charge is 0.481 e. The molecule has 0 saturated carbocycles. The SMILES string of the molecule is Cc1cnc2c(c1)S(=O)(=O)N(Cc1nc([C@H](c3ccn4c(C(F)(F)F)nnc4c3C)C(C)(C)C(=O)O)ccc1C)CC1(CNC1)O2. The van der Waals surface area contributed by atoms with E-state index in [0.29, 0.717) is 46.7 Å². The second-order valence-corrected chi connectivity index (χ2v) is 14.5. The first-order chi connectivity index (χ1) is 21.4. The zero-order valence-corrected chi connectivity index (χ0v) is 26.5. The van der Waals surface area contributed by atoms with Gasteiger partial charge in [-0.25, -0.2) is 13.4 Å². The van der Waals surface area contributed by atoms with Gasteiger partial charge in [0.2, 0.25) is 21.7 Å². The normalized spacial score (nSPS) is 18.4. The molecule has 6 rings (SSSR count). The molecule has 0 bridgehead atoms. The minimum Gasteiger partial charge on any atom is -0.481 e. The van der Waals surface area contributed by atoms with Gasteiger partial charge in [0, 0.05) is 37.1 Å². The van der Waals surface area contributed by atoms with Crippen LogP contribution in [-0.4, -0.2) is 73.6 Å². The van der Waals surface area contributed by atoms with Gasteiger partial charge in [0.05, 0.1) is 24.2 Å². The lowest BCUT2D eigenvalue weighted by molar-refractivity contribution is -0.147. The maximum atomic E-state index is 14.0. The van der Waals surface area contributed by atoms with E-state index in [-0.39, 0.29) is 29.5 Å². The molecule has 46 heavy (non-hydrogen) atoms. The summed E-state index contributed by atoms with van der Waals surface area (Å²) in [6.45, 7) is 8.79. The number of carbonyl (C=O) groups is 1. The molecule has 12 nitrogen and oxygen atoms in total. The number of hydrogen-bond acceptors (Lipinski definition) is 9. The minimum absolute atomic E-state index is 0.0251. The number of rotatable bonds is 6. The van der Waals surface area contributed by atoms with Gasteiger partial charge in [-0.15, -0.1) is 10.2 Å². The molecule has 1 spiro atoms. The number of hydrogen-bond donors (Lipinski definition) is 2. The number of sulfonamides is 1. The molecule has 1 saturated heterocycles. The first-order valence-corrected chi connectivity index (χ1v) is 15.9. The average molecular weight is 660 g/mol. The third kappa shape index (κ3) is 5.17. The number of ether oxygens (including phenoxy) is 1. The number of carboxylic acid groups (broad SMARTS) is 1. The van der Waals surface area contributed by atoms with Crippen molar-refractivity contribution in [2.75, 3.05) is 19.6 Å². The van der Waals surface area contributed by atoms with Crippen LogP contribution in [0, 0.1) is 26.2 Å². The summed E-state index contributed by atoms with van der Waals surface area (Å²) in [5, 5.41) is 20.6. The van der Waals surface area contributed by atoms with Crippen molar-refractivity contribution in [1.82, 2.24) is 34.2 Å². The lowest BCUT2D eigenvalue weighted by atomic mass is 9.72. The summed E-state index contributed by atoms with van der Waals surface area (Å²) < 4.78 is 77.1. The maximum absolute atomic E-state index is 14.0. The van der Waals surface area contributed by atoms with Crippen molar-refractivity contribution < 1.29 is 36.2 Å². The van der Waals surface area contributed by atoms with Crippen LogP contribution in [-0.2, 0) is 27.5 Å². The van der Waals surface area contributed by atoms with Crippen molar-refractivity contribution in [3.63, 3.8) is 0 Å². The van der Waals surface area contributed by atoms with Gasteiger partial charge in [-0.2, -0.15) is 17.5 Å². The van der Waals surface area contributed by atoms with E-state index in [1.807, 2.05) is 0 Å². The van der Waals surface area contributed by atoms with Crippen molar-refractivity contribution in [3.8, 4) is 5.88 Å². The lowest BCUT2D eigenvalue weighted by Crippen LogP contribution is -2.67. The highest BCUT2D eigenvalue weighted by Gasteiger charge is 2.49. The standard InChI is InChI=1S/C30H32F3N7O5S/c1-16-10-22-25(35-11-16)45-29(13-34-14-29)15-39(46(22,43)44)12-21-17(2)6-7-20(36-21)23(28(4,5)27(41)42)19-8-9-40-24(18(19)3)37-38-26(40)30(31,32)33/h6-11,23,34H,12-15H2,1-5H3,(H,41,42)/t23-/m0/s1. The molecule has 2 aliphatic rings. The average Bonchev–Trinajstić information content (AvgIpc) is 3.37. The van der Waals surface area contributed by atoms with E-state index >= 15 is 0 Å². The van der Waals surface area contributed by atoms with Crippen molar-refractivity contribution in [3.05, 3.63) is 76.1 Å². The Kier molecular flexibility index (Phi) is 7.40. The highest BCUT2D eigenvalue weighted by atomic mass is 32.2. The summed E-state index contributed by atoms with van der Waals surface area (Å²) in [5.41, 5.74) is 0.304. The van der Waals surface area contributed by atoms with Gasteiger partial charge in [-0.3, -0.25) is 14.2 Å². The minimum atomic E-state index is -4.75. The number of aryl methyl sites for hydroxylation is 3. The molecule has 0 radical (unpaired) electrons. The Labute approximate surface area is 262 Å². The van der Waals surface area contributed by atoms with Gasteiger partial charge in [-0.05, 0) is 75.1 Å². The number of halogens is 3. The van der Waals surface area contributed by atoms with Gasteiger partial charge in [0.15, 0.2) is 5.65 Å². The number of fused-ring (bicyclic) bond motifs is 2. The van der Waals surface area contributed by atoms with Crippen molar-refractivity contribution in [2.45, 2.75) is 63.8 Å². The van der Waals surface area contributed by atoms with E-state index in [4.69, 9.17) is 9.72 Å². The van der Waals surface area contributed by atoms with Gasteiger partial charge in [0.1, 0.15) is 10.5 Å². The molecule has 4 aromatic rings. The molecule has 4 aromatic heterocycles. The van der Waals surface area contributed by atoms with Crippen molar-refractivity contribution >= 4 is 21.6 Å². The van der Waals surface area contributed by atoms with E-state index in [1.165, 1.54) is 36.5 Å². The molecular weight excluding hydrogens is 627 g/mol. The summed E-state index contributed by atoms with van der Waals surface area (Å²) >= 11 is 0. The molecule has 2 N–H and O–H groups in total. The highest BCUT2D eigenvalue weighted by molar-refractivity contribution is 7.89.